The van der Waals surface area contributed by atoms with Crippen molar-refractivity contribution in [3.8, 4) is 27.9 Å². The average Bonchev–Trinajstić information content (AvgIpc) is 3.80. The Hall–Kier alpha value is -7.36. The molecule has 11 aromatic rings. The van der Waals surface area contributed by atoms with E-state index in [1.54, 1.807) is 0 Å². The molecule has 55 heavy (non-hydrogen) atoms. The second-order valence-electron chi connectivity index (χ2n) is 14.1. The first kappa shape index (κ1) is 31.2. The van der Waals surface area contributed by atoms with Crippen LogP contribution in [0.4, 0.5) is 17.1 Å². The van der Waals surface area contributed by atoms with Gasteiger partial charge >= 0.3 is 0 Å². The van der Waals surface area contributed by atoms with Gasteiger partial charge in [0.25, 0.3) is 0 Å². The lowest BCUT2D eigenvalue weighted by Crippen LogP contribution is -2.11. The van der Waals surface area contributed by atoms with Crippen molar-refractivity contribution in [2.24, 2.45) is 0 Å². The van der Waals surface area contributed by atoms with Crippen LogP contribution in [0.2, 0.25) is 0 Å². The van der Waals surface area contributed by atoms with Crippen molar-refractivity contribution in [1.29, 1.82) is 0 Å². The molecule has 0 unspecified atom stereocenters. The first-order valence-electron chi connectivity index (χ1n) is 18.8. The second kappa shape index (κ2) is 12.6. The molecule has 0 bridgehead atoms. The molecular formula is C52H34N2O. The van der Waals surface area contributed by atoms with Crippen molar-refractivity contribution in [1.82, 2.24) is 4.57 Å². The fraction of sp³-hybridized carbons (Fsp3) is 0. The number of nitrogens with zero attached hydrogens (tertiary/aromatic N) is 2. The summed E-state index contributed by atoms with van der Waals surface area (Å²) in [6.07, 6.45) is 0. The van der Waals surface area contributed by atoms with Crippen LogP contribution in [0.15, 0.2) is 211 Å². The van der Waals surface area contributed by atoms with E-state index in [0.29, 0.717) is 0 Å². The molecule has 0 atom stereocenters. The van der Waals surface area contributed by atoms with E-state index in [-0.39, 0.29) is 0 Å². The molecule has 0 spiro atoms. The van der Waals surface area contributed by atoms with E-state index < -0.39 is 0 Å². The molecule has 11 rings (SSSR count). The fourth-order valence-electron chi connectivity index (χ4n) is 8.47. The van der Waals surface area contributed by atoms with Crippen LogP contribution >= 0.6 is 0 Å². The molecule has 0 aliphatic rings. The maximum atomic E-state index is 6.37. The summed E-state index contributed by atoms with van der Waals surface area (Å²) in [6.45, 7) is 0. The van der Waals surface area contributed by atoms with Gasteiger partial charge < -0.3 is 13.9 Å². The Kier molecular flexibility index (Phi) is 7.17. The molecule has 0 saturated heterocycles. The highest BCUT2D eigenvalue weighted by molar-refractivity contribution is 6.14. The van der Waals surface area contributed by atoms with Gasteiger partial charge in [-0.3, -0.25) is 0 Å². The number of hydrogen-bond donors (Lipinski definition) is 0. The van der Waals surface area contributed by atoms with Crippen LogP contribution in [-0.2, 0) is 0 Å². The van der Waals surface area contributed by atoms with Crippen molar-refractivity contribution in [3.63, 3.8) is 0 Å². The van der Waals surface area contributed by atoms with Gasteiger partial charge in [-0.25, -0.2) is 0 Å². The highest BCUT2D eigenvalue weighted by atomic mass is 16.3. The van der Waals surface area contributed by atoms with Crippen LogP contribution in [0.25, 0.3) is 82.5 Å². The molecule has 2 heterocycles. The summed E-state index contributed by atoms with van der Waals surface area (Å²) in [5.41, 5.74) is 13.1. The van der Waals surface area contributed by atoms with Gasteiger partial charge in [-0.05, 0) is 100 Å². The molecule has 0 aliphatic carbocycles. The summed E-state index contributed by atoms with van der Waals surface area (Å²) < 4.78 is 8.75. The lowest BCUT2D eigenvalue weighted by Gasteiger charge is -2.28. The van der Waals surface area contributed by atoms with Gasteiger partial charge in [-0.1, -0.05) is 133 Å². The van der Waals surface area contributed by atoms with Crippen LogP contribution in [0, 0.1) is 0 Å². The number of rotatable bonds is 6. The zero-order chi connectivity index (χ0) is 36.3. The van der Waals surface area contributed by atoms with Crippen molar-refractivity contribution < 1.29 is 4.42 Å². The largest absolute Gasteiger partial charge is 0.456 e. The molecular weight excluding hydrogens is 669 g/mol. The lowest BCUT2D eigenvalue weighted by atomic mass is 9.96. The summed E-state index contributed by atoms with van der Waals surface area (Å²) in [7, 11) is 0. The molecule has 3 heteroatoms. The summed E-state index contributed by atoms with van der Waals surface area (Å²) in [5.74, 6) is 0. The van der Waals surface area contributed by atoms with E-state index in [1.807, 2.05) is 12.1 Å². The molecule has 0 saturated carbocycles. The van der Waals surface area contributed by atoms with Gasteiger partial charge in [-0.15, -0.1) is 0 Å². The molecule has 258 valence electrons. The average molecular weight is 703 g/mol. The third kappa shape index (κ3) is 5.13. The van der Waals surface area contributed by atoms with E-state index in [1.165, 1.54) is 38.1 Å². The predicted molar refractivity (Wildman–Crippen MR) is 231 cm³/mol. The van der Waals surface area contributed by atoms with Gasteiger partial charge in [-0.2, -0.15) is 0 Å². The Morgan fingerprint density at radius 1 is 0.382 bits per heavy atom. The normalized spacial score (nSPS) is 11.6. The molecule has 9 aromatic carbocycles. The van der Waals surface area contributed by atoms with Crippen molar-refractivity contribution in [2.45, 2.75) is 0 Å². The summed E-state index contributed by atoms with van der Waals surface area (Å²) >= 11 is 0. The highest BCUT2D eigenvalue weighted by Crippen LogP contribution is 2.45. The van der Waals surface area contributed by atoms with Crippen LogP contribution in [0.5, 0.6) is 0 Å². The smallest absolute Gasteiger partial charge is 0.136 e. The SMILES string of the molecule is c1cc(-c2ccc3ccccc3c2)cc(N(c2ccc(-n3c4ccccc4c4ccccc43)cc2)c2ccccc2-c2cccc3oc4ccccc4c23)c1. The summed E-state index contributed by atoms with van der Waals surface area (Å²) in [6, 6.07) is 74.0. The Bertz CT molecular complexity index is 3170. The minimum absolute atomic E-state index is 0.883. The first-order chi connectivity index (χ1) is 27.3. The van der Waals surface area contributed by atoms with Crippen molar-refractivity contribution in [2.75, 3.05) is 4.90 Å². The Labute approximate surface area is 318 Å². The zero-order valence-corrected chi connectivity index (χ0v) is 29.9. The summed E-state index contributed by atoms with van der Waals surface area (Å²) in [4.78, 5) is 2.40. The molecule has 0 radical (unpaired) electrons. The van der Waals surface area contributed by atoms with Gasteiger partial charge in [0.2, 0.25) is 0 Å². The van der Waals surface area contributed by atoms with Crippen LogP contribution in [0.1, 0.15) is 0 Å². The highest BCUT2D eigenvalue weighted by Gasteiger charge is 2.21. The van der Waals surface area contributed by atoms with E-state index in [0.717, 1.165) is 61.4 Å². The number of anilines is 3. The number of para-hydroxylation sites is 4. The predicted octanol–water partition coefficient (Wildman–Crippen LogP) is 14.6. The van der Waals surface area contributed by atoms with Crippen molar-refractivity contribution in [3.05, 3.63) is 206 Å². The Balaban J connectivity index is 1.11. The number of aromatic nitrogens is 1. The first-order valence-corrected chi connectivity index (χ1v) is 18.8. The van der Waals surface area contributed by atoms with E-state index in [9.17, 15) is 0 Å². The molecule has 0 fully saturated rings. The molecule has 0 aliphatic heterocycles. The minimum atomic E-state index is 0.883. The van der Waals surface area contributed by atoms with Crippen LogP contribution in [-0.4, -0.2) is 4.57 Å². The zero-order valence-electron chi connectivity index (χ0n) is 29.9. The fourth-order valence-corrected chi connectivity index (χ4v) is 8.47. The maximum absolute atomic E-state index is 6.37. The van der Waals surface area contributed by atoms with E-state index >= 15 is 0 Å². The Morgan fingerprint density at radius 2 is 1.00 bits per heavy atom. The quantitative estimate of drug-likeness (QED) is 0.172. The topological polar surface area (TPSA) is 21.3 Å². The van der Waals surface area contributed by atoms with Crippen LogP contribution in [0.3, 0.4) is 0 Å². The second-order valence-corrected chi connectivity index (χ2v) is 14.1. The molecule has 2 aromatic heterocycles. The number of benzene rings is 9. The van der Waals surface area contributed by atoms with E-state index in [4.69, 9.17) is 4.42 Å². The third-order valence-corrected chi connectivity index (χ3v) is 11.0. The lowest BCUT2D eigenvalue weighted by molar-refractivity contribution is 0.669. The maximum Gasteiger partial charge on any atom is 0.136 e. The Morgan fingerprint density at radius 3 is 1.82 bits per heavy atom. The standard InChI is InChI=1S/C52H34N2O/c1-2-14-36-33-38(28-27-35(36)13-1)37-15-11-16-41(34-37)53(39-29-31-40(32-30-39)54-48-23-8-3-17-42(48)43-18-4-9-24-49(43)54)47-22-7-5-19-44(47)45-21-12-26-51-52(45)46-20-6-10-25-50(46)55-51/h1-34H. The molecule has 3 nitrogen and oxygen atoms in total. The minimum Gasteiger partial charge on any atom is -0.456 e. The van der Waals surface area contributed by atoms with Gasteiger partial charge in [0.05, 0.1) is 16.7 Å². The van der Waals surface area contributed by atoms with Crippen molar-refractivity contribution >= 4 is 71.6 Å². The number of furan rings is 1. The molecule has 0 N–H and O–H groups in total. The number of hydrogen-bond acceptors (Lipinski definition) is 2. The number of fused-ring (bicyclic) bond motifs is 7. The van der Waals surface area contributed by atoms with Gasteiger partial charge in [0, 0.05) is 44.2 Å². The van der Waals surface area contributed by atoms with Crippen LogP contribution < -0.4 is 4.90 Å². The molecule has 0 amide bonds. The van der Waals surface area contributed by atoms with Gasteiger partial charge in [0.15, 0.2) is 0 Å². The van der Waals surface area contributed by atoms with Gasteiger partial charge in [0.1, 0.15) is 11.2 Å². The summed E-state index contributed by atoms with van der Waals surface area (Å²) in [5, 5.41) is 7.21. The monoisotopic (exact) mass is 702 g/mol. The van der Waals surface area contributed by atoms with E-state index in [2.05, 4.69) is 204 Å². The third-order valence-electron chi connectivity index (χ3n) is 11.0.